The molecule has 0 saturated heterocycles. The second-order valence-corrected chi connectivity index (χ2v) is 4.23. The molecule has 1 amide bonds. The summed E-state index contributed by atoms with van der Waals surface area (Å²) in [5, 5.41) is 0. The highest BCUT2D eigenvalue weighted by Gasteiger charge is 2.12. The van der Waals surface area contributed by atoms with E-state index in [0.29, 0.717) is 6.54 Å². The van der Waals surface area contributed by atoms with Gasteiger partial charge < -0.3 is 4.90 Å². The third-order valence-electron chi connectivity index (χ3n) is 1.94. The van der Waals surface area contributed by atoms with Gasteiger partial charge in [-0.1, -0.05) is 18.1 Å². The van der Waals surface area contributed by atoms with Gasteiger partial charge in [0.05, 0.1) is 12.1 Å². The molecule has 1 aromatic carbocycles. The number of carbonyl (C=O) groups is 1. The number of nitrogens with zero attached hydrogens (tertiary/aromatic N) is 1. The third kappa shape index (κ3) is 3.24. The van der Waals surface area contributed by atoms with Gasteiger partial charge in [0.1, 0.15) is 0 Å². The topological polar surface area (TPSA) is 20.3 Å². The lowest BCUT2D eigenvalue weighted by Gasteiger charge is -2.14. The van der Waals surface area contributed by atoms with Gasteiger partial charge in [-0.25, -0.2) is 0 Å². The molecule has 0 heterocycles. The Morgan fingerprint density at radius 3 is 2.73 bits per heavy atom. The average Bonchev–Trinajstić information content (AvgIpc) is 2.25. The lowest BCUT2D eigenvalue weighted by molar-refractivity contribution is 0.0811. The lowest BCUT2D eigenvalue weighted by atomic mass is 10.2. The highest BCUT2D eigenvalue weighted by Crippen LogP contribution is 2.13. The number of hydrogen-bond donors (Lipinski definition) is 0. The molecule has 0 radical (unpaired) electrons. The van der Waals surface area contributed by atoms with Crippen LogP contribution < -0.4 is 0 Å². The summed E-state index contributed by atoms with van der Waals surface area (Å²) in [7, 11) is 1.76. The molecule has 0 aliphatic carbocycles. The molecule has 0 spiro atoms. The van der Waals surface area contributed by atoms with Crippen molar-refractivity contribution >= 4 is 28.5 Å². The van der Waals surface area contributed by atoms with E-state index in [9.17, 15) is 4.79 Å². The molecule has 0 atom stereocenters. The fourth-order valence-corrected chi connectivity index (χ4v) is 1.73. The molecule has 78 valence electrons. The van der Waals surface area contributed by atoms with Crippen molar-refractivity contribution in [2.24, 2.45) is 0 Å². The highest BCUT2D eigenvalue weighted by molar-refractivity contribution is 14.1. The van der Waals surface area contributed by atoms with Crippen LogP contribution in [0.2, 0.25) is 0 Å². The highest BCUT2D eigenvalue weighted by atomic mass is 127. The molecule has 3 heteroatoms. The first-order chi connectivity index (χ1) is 7.16. The van der Waals surface area contributed by atoms with Crippen LogP contribution in [0.3, 0.4) is 0 Å². The molecule has 1 aromatic rings. The van der Waals surface area contributed by atoms with Crippen LogP contribution in [-0.4, -0.2) is 24.4 Å². The van der Waals surface area contributed by atoms with Gasteiger partial charge in [-0.2, -0.15) is 0 Å². The molecule has 2 nitrogen and oxygen atoms in total. The van der Waals surface area contributed by atoms with Crippen molar-refractivity contribution in [1.29, 1.82) is 0 Å². The van der Waals surface area contributed by atoms with Crippen molar-refractivity contribution in [2.45, 2.75) is 6.92 Å². The van der Waals surface area contributed by atoms with Gasteiger partial charge in [0.2, 0.25) is 0 Å². The number of carbonyl (C=O) groups excluding carboxylic acids is 1. The summed E-state index contributed by atoms with van der Waals surface area (Å²) in [6.07, 6.45) is 0. The first kappa shape index (κ1) is 12.1. The van der Waals surface area contributed by atoms with Crippen molar-refractivity contribution in [1.82, 2.24) is 4.90 Å². The van der Waals surface area contributed by atoms with Crippen molar-refractivity contribution in [3.63, 3.8) is 0 Å². The van der Waals surface area contributed by atoms with Crippen LogP contribution in [0.1, 0.15) is 17.3 Å². The predicted octanol–water partition coefficient (Wildman–Crippen LogP) is 2.39. The second-order valence-electron chi connectivity index (χ2n) is 3.07. The first-order valence-electron chi connectivity index (χ1n) is 4.56. The predicted molar refractivity (Wildman–Crippen MR) is 69.6 cm³/mol. The number of amides is 1. The second kappa shape index (κ2) is 5.76. The van der Waals surface area contributed by atoms with E-state index in [-0.39, 0.29) is 5.91 Å². The summed E-state index contributed by atoms with van der Waals surface area (Å²) in [5.74, 6) is 5.66. The zero-order chi connectivity index (χ0) is 11.3. The van der Waals surface area contributed by atoms with Gasteiger partial charge in [0.15, 0.2) is 0 Å². The van der Waals surface area contributed by atoms with E-state index in [4.69, 9.17) is 0 Å². The maximum Gasteiger partial charge on any atom is 0.255 e. The van der Waals surface area contributed by atoms with E-state index in [0.717, 1.165) is 9.13 Å². The summed E-state index contributed by atoms with van der Waals surface area (Å²) in [6, 6.07) is 7.55. The Morgan fingerprint density at radius 2 is 2.13 bits per heavy atom. The third-order valence-corrected chi connectivity index (χ3v) is 2.88. The number of halogens is 1. The fourth-order valence-electron chi connectivity index (χ4n) is 1.11. The summed E-state index contributed by atoms with van der Waals surface area (Å²) in [4.78, 5) is 13.5. The van der Waals surface area contributed by atoms with Crippen LogP contribution in [0.25, 0.3) is 0 Å². The summed E-state index contributed by atoms with van der Waals surface area (Å²) in [5.41, 5.74) is 0.735. The average molecular weight is 313 g/mol. The van der Waals surface area contributed by atoms with Gasteiger partial charge in [0.25, 0.3) is 5.91 Å². The van der Waals surface area contributed by atoms with Crippen LogP contribution in [0.15, 0.2) is 24.3 Å². The Labute approximate surface area is 104 Å². The van der Waals surface area contributed by atoms with Gasteiger partial charge >= 0.3 is 0 Å². The van der Waals surface area contributed by atoms with Crippen molar-refractivity contribution in [3.05, 3.63) is 33.4 Å². The van der Waals surface area contributed by atoms with Crippen molar-refractivity contribution in [2.75, 3.05) is 13.6 Å². The van der Waals surface area contributed by atoms with Gasteiger partial charge in [0, 0.05) is 10.6 Å². The molecule has 0 aliphatic heterocycles. The maximum absolute atomic E-state index is 11.9. The number of hydrogen-bond acceptors (Lipinski definition) is 1. The monoisotopic (exact) mass is 313 g/mol. The summed E-state index contributed by atoms with van der Waals surface area (Å²) < 4.78 is 0.969. The smallest absolute Gasteiger partial charge is 0.255 e. The molecular formula is C12H12INO. The largest absolute Gasteiger partial charge is 0.331 e. The quantitative estimate of drug-likeness (QED) is 0.606. The van der Waals surface area contributed by atoms with Crippen LogP contribution in [0, 0.1) is 15.4 Å². The standard InChI is InChI=1S/C12H12INO/c1-3-4-9-14(2)12(15)10-7-5-6-8-11(10)13/h5-8H,9H2,1-2H3. The fraction of sp³-hybridized carbons (Fsp3) is 0.250. The molecule has 0 saturated carbocycles. The van der Waals surface area contributed by atoms with E-state index in [2.05, 4.69) is 34.4 Å². The molecule has 0 fully saturated rings. The molecule has 1 rings (SSSR count). The normalized spacial score (nSPS) is 9.00. The Morgan fingerprint density at radius 1 is 1.47 bits per heavy atom. The van der Waals surface area contributed by atoms with Crippen LogP contribution in [0.4, 0.5) is 0 Å². The minimum atomic E-state index is 0.0164. The molecule has 0 unspecified atom stereocenters. The zero-order valence-electron chi connectivity index (χ0n) is 8.75. The Bertz CT molecular complexity index is 417. The van der Waals surface area contributed by atoms with Gasteiger partial charge in [-0.15, -0.1) is 5.92 Å². The molecular weight excluding hydrogens is 301 g/mol. The van der Waals surface area contributed by atoms with Crippen LogP contribution >= 0.6 is 22.6 Å². The first-order valence-corrected chi connectivity index (χ1v) is 5.64. The molecule has 0 bridgehead atoms. The van der Waals surface area contributed by atoms with E-state index < -0.39 is 0 Å². The summed E-state index contributed by atoms with van der Waals surface area (Å²) in [6.45, 7) is 2.24. The minimum Gasteiger partial charge on any atom is -0.331 e. The van der Waals surface area contributed by atoms with E-state index in [1.807, 2.05) is 24.3 Å². The summed E-state index contributed by atoms with van der Waals surface area (Å²) >= 11 is 2.16. The van der Waals surface area contributed by atoms with E-state index in [1.54, 1.807) is 18.9 Å². The number of benzene rings is 1. The Balaban J connectivity index is 2.84. The molecule has 0 aromatic heterocycles. The Kier molecular flexibility index (Phi) is 4.63. The number of rotatable bonds is 2. The van der Waals surface area contributed by atoms with E-state index in [1.165, 1.54) is 0 Å². The van der Waals surface area contributed by atoms with Crippen LogP contribution in [0.5, 0.6) is 0 Å². The minimum absolute atomic E-state index is 0.0164. The Hall–Kier alpha value is -1.02. The zero-order valence-corrected chi connectivity index (χ0v) is 10.9. The SMILES string of the molecule is CC#CCN(C)C(=O)c1ccccc1I. The molecule has 0 N–H and O–H groups in total. The maximum atomic E-state index is 11.9. The van der Waals surface area contributed by atoms with Gasteiger partial charge in [-0.3, -0.25) is 4.79 Å². The van der Waals surface area contributed by atoms with Gasteiger partial charge in [-0.05, 0) is 41.6 Å². The lowest BCUT2D eigenvalue weighted by Crippen LogP contribution is -2.27. The van der Waals surface area contributed by atoms with E-state index >= 15 is 0 Å². The van der Waals surface area contributed by atoms with Crippen molar-refractivity contribution in [3.8, 4) is 11.8 Å². The molecule has 15 heavy (non-hydrogen) atoms. The van der Waals surface area contributed by atoms with Crippen molar-refractivity contribution < 1.29 is 4.79 Å². The van der Waals surface area contributed by atoms with Crippen LogP contribution in [-0.2, 0) is 0 Å². The molecule has 0 aliphatic rings.